The second-order valence-electron chi connectivity index (χ2n) is 7.22. The molecule has 0 amide bonds. The van der Waals surface area contributed by atoms with E-state index in [9.17, 15) is 5.11 Å². The molecule has 3 aliphatic rings. The smallest absolute Gasteiger partial charge is 0.192 e. The highest BCUT2D eigenvalue weighted by molar-refractivity contribution is 5.06. The molecule has 1 N–H and O–H groups in total. The molecule has 9 nitrogen and oxygen atoms in total. The Morgan fingerprint density at radius 1 is 1.09 bits per heavy atom. The van der Waals surface area contributed by atoms with Crippen LogP contribution in [-0.2, 0) is 23.7 Å². The first-order valence-electron chi connectivity index (χ1n) is 7.66. The number of hydrogen-bond donors (Lipinski definition) is 1. The molecule has 130 valence electrons. The Kier molecular flexibility index (Phi) is 3.89. The summed E-state index contributed by atoms with van der Waals surface area (Å²) in [7, 11) is 0. The third-order valence-electron chi connectivity index (χ3n) is 4.29. The zero-order valence-corrected chi connectivity index (χ0v) is 13.9. The fourth-order valence-corrected chi connectivity index (χ4v) is 3.41. The van der Waals surface area contributed by atoms with E-state index in [1.165, 1.54) is 6.92 Å². The SMILES string of the molecule is CC1(C)O[C@@H]2[C@H]([C@@H](N=[N+]=[N-])[C@H]3COC(C)(C)O3)O[C@](C)(O)[C@@H]2O1. The highest BCUT2D eigenvalue weighted by Crippen LogP contribution is 2.45. The maximum absolute atomic E-state index is 10.5. The lowest BCUT2D eigenvalue weighted by atomic mass is 9.98. The van der Waals surface area contributed by atoms with Crippen LogP contribution in [0, 0.1) is 0 Å². The molecule has 6 atom stereocenters. The third-order valence-corrected chi connectivity index (χ3v) is 4.29. The molecule has 0 saturated carbocycles. The van der Waals surface area contributed by atoms with Crippen molar-refractivity contribution in [2.24, 2.45) is 5.11 Å². The molecule has 9 heteroatoms. The van der Waals surface area contributed by atoms with E-state index in [2.05, 4.69) is 10.0 Å². The average Bonchev–Trinajstić information content (AvgIpc) is 2.99. The zero-order valence-electron chi connectivity index (χ0n) is 13.9. The molecule has 0 spiro atoms. The second-order valence-corrected chi connectivity index (χ2v) is 7.22. The molecule has 0 aromatic rings. The van der Waals surface area contributed by atoms with E-state index in [0.29, 0.717) is 0 Å². The summed E-state index contributed by atoms with van der Waals surface area (Å²) in [6.45, 7) is 8.87. The van der Waals surface area contributed by atoms with Crippen LogP contribution >= 0.6 is 0 Å². The lowest BCUT2D eigenvalue weighted by Gasteiger charge is -2.30. The Morgan fingerprint density at radius 3 is 2.35 bits per heavy atom. The van der Waals surface area contributed by atoms with Crippen LogP contribution in [0.5, 0.6) is 0 Å². The first-order valence-corrected chi connectivity index (χ1v) is 7.66. The lowest BCUT2D eigenvalue weighted by Crippen LogP contribution is -2.45. The summed E-state index contributed by atoms with van der Waals surface area (Å²) in [4.78, 5) is 2.90. The van der Waals surface area contributed by atoms with E-state index < -0.39 is 47.8 Å². The van der Waals surface area contributed by atoms with E-state index >= 15 is 0 Å². The van der Waals surface area contributed by atoms with E-state index in [4.69, 9.17) is 29.2 Å². The first-order chi connectivity index (χ1) is 10.5. The van der Waals surface area contributed by atoms with Crippen LogP contribution in [0.1, 0.15) is 34.6 Å². The molecule has 0 radical (unpaired) electrons. The van der Waals surface area contributed by atoms with Gasteiger partial charge in [-0.1, -0.05) is 5.11 Å². The fourth-order valence-electron chi connectivity index (χ4n) is 3.41. The van der Waals surface area contributed by atoms with E-state index in [0.717, 1.165) is 0 Å². The van der Waals surface area contributed by atoms with Crippen molar-refractivity contribution < 1.29 is 28.8 Å². The predicted molar refractivity (Wildman–Crippen MR) is 77.2 cm³/mol. The van der Waals surface area contributed by atoms with Gasteiger partial charge in [-0.05, 0) is 40.1 Å². The van der Waals surface area contributed by atoms with Gasteiger partial charge in [0.2, 0.25) is 0 Å². The number of azide groups is 1. The van der Waals surface area contributed by atoms with Crippen molar-refractivity contribution in [3.63, 3.8) is 0 Å². The quantitative estimate of drug-likeness (QED) is 0.476. The monoisotopic (exact) mass is 329 g/mol. The summed E-state index contributed by atoms with van der Waals surface area (Å²) in [5.74, 6) is -3.16. The third kappa shape index (κ3) is 3.06. The van der Waals surface area contributed by atoms with Gasteiger partial charge in [-0.3, -0.25) is 0 Å². The van der Waals surface area contributed by atoms with Gasteiger partial charge in [0, 0.05) is 4.91 Å². The van der Waals surface area contributed by atoms with Crippen LogP contribution in [0.4, 0.5) is 0 Å². The highest BCUT2D eigenvalue weighted by Gasteiger charge is 2.63. The van der Waals surface area contributed by atoms with Crippen molar-refractivity contribution in [3.05, 3.63) is 10.4 Å². The minimum absolute atomic E-state index is 0.264. The van der Waals surface area contributed by atoms with Crippen molar-refractivity contribution in [1.29, 1.82) is 0 Å². The number of hydrogen-bond acceptors (Lipinski definition) is 7. The first kappa shape index (κ1) is 16.9. The maximum atomic E-state index is 10.5. The topological polar surface area (TPSA) is 115 Å². The van der Waals surface area contributed by atoms with Crippen molar-refractivity contribution >= 4 is 0 Å². The Balaban J connectivity index is 1.87. The van der Waals surface area contributed by atoms with Crippen molar-refractivity contribution in [1.82, 2.24) is 0 Å². The molecule has 3 heterocycles. The highest BCUT2D eigenvalue weighted by atomic mass is 16.8. The van der Waals surface area contributed by atoms with E-state index in [1.807, 2.05) is 0 Å². The van der Waals surface area contributed by atoms with E-state index in [1.54, 1.807) is 27.7 Å². The summed E-state index contributed by atoms with van der Waals surface area (Å²) in [6.07, 6.45) is -2.43. The summed E-state index contributed by atoms with van der Waals surface area (Å²) >= 11 is 0. The van der Waals surface area contributed by atoms with Gasteiger partial charge in [-0.2, -0.15) is 0 Å². The van der Waals surface area contributed by atoms with Gasteiger partial charge in [0.05, 0.1) is 18.8 Å². The maximum Gasteiger partial charge on any atom is 0.192 e. The van der Waals surface area contributed by atoms with Crippen molar-refractivity contribution in [2.45, 2.75) is 82.4 Å². The number of rotatable bonds is 3. The Bertz CT molecular complexity index is 531. The van der Waals surface area contributed by atoms with Crippen LogP contribution in [0.25, 0.3) is 10.4 Å². The van der Waals surface area contributed by atoms with Gasteiger partial charge in [-0.25, -0.2) is 0 Å². The number of aliphatic hydroxyl groups is 1. The largest absolute Gasteiger partial charge is 0.364 e. The standard InChI is InChI=1S/C14H23N3O6/c1-12(2)19-6-7(20-12)8(16-17-15)9-10-11(14(5,18)22-9)23-13(3,4)21-10/h7-11,18H,6H2,1-5H3/t7-,8+,9+,10-,11-,14+/m1/s1. The lowest BCUT2D eigenvalue weighted by molar-refractivity contribution is -0.270. The number of ether oxygens (including phenoxy) is 5. The molecule has 3 rings (SSSR count). The molecular weight excluding hydrogens is 306 g/mol. The molecule has 0 bridgehead atoms. The predicted octanol–water partition coefficient (Wildman–Crippen LogP) is 1.44. The van der Waals surface area contributed by atoms with Crippen molar-refractivity contribution in [3.8, 4) is 0 Å². The molecule has 0 aromatic carbocycles. The summed E-state index contributed by atoms with van der Waals surface area (Å²) in [6, 6.07) is -0.708. The molecule has 23 heavy (non-hydrogen) atoms. The van der Waals surface area contributed by atoms with Crippen LogP contribution < -0.4 is 0 Å². The zero-order chi connectivity index (χ0) is 17.0. The van der Waals surface area contributed by atoms with Crippen LogP contribution in [0.2, 0.25) is 0 Å². The normalized spacial score (nSPS) is 45.5. The van der Waals surface area contributed by atoms with Gasteiger partial charge in [0.1, 0.15) is 18.3 Å². The Hall–Kier alpha value is -0.930. The number of nitrogens with zero attached hydrogens (tertiary/aromatic N) is 3. The summed E-state index contributed by atoms with van der Waals surface area (Å²) in [5, 5.41) is 14.3. The Labute approximate surface area is 134 Å². The molecule has 3 saturated heterocycles. The van der Waals surface area contributed by atoms with Gasteiger partial charge in [0.25, 0.3) is 0 Å². The van der Waals surface area contributed by atoms with Gasteiger partial charge in [0.15, 0.2) is 17.4 Å². The van der Waals surface area contributed by atoms with Gasteiger partial charge < -0.3 is 28.8 Å². The summed E-state index contributed by atoms with van der Waals surface area (Å²) in [5.41, 5.74) is 8.93. The van der Waals surface area contributed by atoms with E-state index in [-0.39, 0.29) is 6.61 Å². The second kappa shape index (κ2) is 5.29. The van der Waals surface area contributed by atoms with Crippen LogP contribution in [0.15, 0.2) is 5.11 Å². The molecule has 0 aliphatic carbocycles. The average molecular weight is 329 g/mol. The van der Waals surface area contributed by atoms with Crippen molar-refractivity contribution in [2.75, 3.05) is 6.61 Å². The van der Waals surface area contributed by atoms with Gasteiger partial charge >= 0.3 is 0 Å². The minimum Gasteiger partial charge on any atom is -0.364 e. The van der Waals surface area contributed by atoms with Gasteiger partial charge in [-0.15, -0.1) is 0 Å². The minimum atomic E-state index is -1.54. The summed E-state index contributed by atoms with van der Waals surface area (Å²) < 4.78 is 28.7. The van der Waals surface area contributed by atoms with Crippen LogP contribution in [0.3, 0.4) is 0 Å². The molecule has 0 aromatic heterocycles. The number of fused-ring (bicyclic) bond motifs is 1. The molecule has 0 unspecified atom stereocenters. The molecule has 3 aliphatic heterocycles. The Morgan fingerprint density at radius 2 is 1.78 bits per heavy atom. The molecule has 3 fully saturated rings. The molecular formula is C14H23N3O6. The van der Waals surface area contributed by atoms with Crippen LogP contribution in [-0.4, -0.2) is 59.5 Å². The fraction of sp³-hybridized carbons (Fsp3) is 1.00.